The van der Waals surface area contributed by atoms with Crippen molar-refractivity contribution in [1.29, 1.82) is 0 Å². The van der Waals surface area contributed by atoms with Crippen LogP contribution < -0.4 is 15.0 Å². The van der Waals surface area contributed by atoms with E-state index in [9.17, 15) is 18.0 Å². The molecule has 2 saturated heterocycles. The number of amides is 1. The van der Waals surface area contributed by atoms with E-state index in [1.807, 2.05) is 0 Å². The molecule has 1 aliphatic carbocycles. The van der Waals surface area contributed by atoms with Crippen molar-refractivity contribution in [2.75, 3.05) is 31.1 Å². The van der Waals surface area contributed by atoms with Gasteiger partial charge in [0.25, 0.3) is 11.8 Å². The molecule has 2 aliphatic heterocycles. The summed E-state index contributed by atoms with van der Waals surface area (Å²) in [6.07, 6.45) is 4.39. The third-order valence-electron chi connectivity index (χ3n) is 7.32. The summed E-state index contributed by atoms with van der Waals surface area (Å²) in [5, 5.41) is 3.39. The van der Waals surface area contributed by atoms with Crippen LogP contribution in [0, 0.1) is 11.2 Å². The summed E-state index contributed by atoms with van der Waals surface area (Å²) in [6, 6.07) is 2.75. The molecule has 1 amide bonds. The first-order chi connectivity index (χ1) is 16.7. The van der Waals surface area contributed by atoms with Crippen molar-refractivity contribution in [3.05, 3.63) is 42.1 Å². The quantitative estimate of drug-likeness (QED) is 0.591. The minimum atomic E-state index is -2.78. The Morgan fingerprint density at radius 2 is 1.89 bits per heavy atom. The zero-order valence-corrected chi connectivity index (χ0v) is 21.2. The highest BCUT2D eigenvalue weighted by atomic mass is 35.5. The maximum atomic E-state index is 14.2. The Kier molecular flexibility index (Phi) is 7.39. The highest BCUT2D eigenvalue weighted by Crippen LogP contribution is 2.45. The van der Waals surface area contributed by atoms with Crippen LogP contribution in [0.4, 0.5) is 19.0 Å². The van der Waals surface area contributed by atoms with E-state index < -0.39 is 36.5 Å². The van der Waals surface area contributed by atoms with E-state index in [0.717, 1.165) is 45.1 Å². The van der Waals surface area contributed by atoms with Crippen molar-refractivity contribution in [3.63, 3.8) is 0 Å². The molecule has 5 rings (SSSR count). The number of nitrogens with one attached hydrogen (secondary N) is 1. The SMILES string of the molecule is CC(C)N(C(=O)c1cc(F)ccc1Oc1cncnc1N1CC2(CCNCC2)C1)C1CC(F)(F)C1.Cl. The second kappa shape index (κ2) is 10.0. The van der Waals surface area contributed by atoms with Crippen LogP contribution in [0.2, 0.25) is 0 Å². The molecule has 3 heterocycles. The van der Waals surface area contributed by atoms with Crippen molar-refractivity contribution in [3.8, 4) is 11.5 Å². The van der Waals surface area contributed by atoms with E-state index in [1.54, 1.807) is 13.8 Å². The first kappa shape index (κ1) is 26.5. The minimum Gasteiger partial charge on any atom is -0.451 e. The lowest BCUT2D eigenvalue weighted by Crippen LogP contribution is -2.60. The van der Waals surface area contributed by atoms with Gasteiger partial charge in [0, 0.05) is 43.4 Å². The largest absolute Gasteiger partial charge is 0.451 e. The summed E-state index contributed by atoms with van der Waals surface area (Å²) < 4.78 is 47.4. The monoisotopic (exact) mass is 525 g/mol. The number of aromatic nitrogens is 2. The standard InChI is InChI=1S/C25H30F3N5O2.ClH/c1-16(2)33(18-10-25(27,28)11-18)23(34)19-9-17(26)3-4-20(19)35-21-12-30-15-31-22(21)32-13-24(14-32)5-7-29-8-6-24;/h3-4,9,12,15-16,18,29H,5-8,10-11,13-14H2,1-2H3;1H. The molecule has 0 atom stereocenters. The van der Waals surface area contributed by atoms with Gasteiger partial charge in [-0.05, 0) is 58.0 Å². The third kappa shape index (κ3) is 5.11. The first-order valence-electron chi connectivity index (χ1n) is 12.1. The number of halogens is 4. The molecule has 0 unspecified atom stereocenters. The van der Waals surface area contributed by atoms with Crippen LogP contribution in [-0.4, -0.2) is 65.0 Å². The van der Waals surface area contributed by atoms with Crippen molar-refractivity contribution >= 4 is 24.1 Å². The van der Waals surface area contributed by atoms with Crippen LogP contribution in [0.5, 0.6) is 11.5 Å². The van der Waals surface area contributed by atoms with E-state index in [0.29, 0.717) is 11.6 Å². The third-order valence-corrected chi connectivity index (χ3v) is 7.32. The molecule has 1 spiro atoms. The van der Waals surface area contributed by atoms with Crippen molar-refractivity contribution in [2.45, 2.75) is 57.5 Å². The number of anilines is 1. The Morgan fingerprint density at radius 1 is 1.19 bits per heavy atom. The number of hydrogen-bond donors (Lipinski definition) is 1. The van der Waals surface area contributed by atoms with Gasteiger partial charge >= 0.3 is 0 Å². The van der Waals surface area contributed by atoms with Crippen LogP contribution in [0.1, 0.15) is 49.9 Å². The normalized spacial score (nSPS) is 20.3. The predicted octanol–water partition coefficient (Wildman–Crippen LogP) is 4.67. The molecular formula is C25H31ClF3N5O2. The number of piperidine rings is 1. The maximum absolute atomic E-state index is 14.2. The summed E-state index contributed by atoms with van der Waals surface area (Å²) in [5.74, 6) is -2.80. The lowest BCUT2D eigenvalue weighted by Gasteiger charge is -2.53. The second-order valence-electron chi connectivity index (χ2n) is 10.3. The lowest BCUT2D eigenvalue weighted by molar-refractivity contribution is -0.120. The zero-order chi connectivity index (χ0) is 24.8. The van der Waals surface area contributed by atoms with Gasteiger partial charge in [-0.1, -0.05) is 0 Å². The second-order valence-corrected chi connectivity index (χ2v) is 10.3. The van der Waals surface area contributed by atoms with Crippen molar-refractivity contribution in [2.24, 2.45) is 5.41 Å². The van der Waals surface area contributed by atoms with Gasteiger partial charge in [0.2, 0.25) is 0 Å². The van der Waals surface area contributed by atoms with Crippen LogP contribution in [-0.2, 0) is 0 Å². The van der Waals surface area contributed by atoms with Gasteiger partial charge in [0.1, 0.15) is 17.9 Å². The van der Waals surface area contributed by atoms with E-state index in [-0.39, 0.29) is 35.2 Å². The molecule has 1 aromatic carbocycles. The number of ether oxygens (including phenoxy) is 1. The fraction of sp³-hybridized carbons (Fsp3) is 0.560. The van der Waals surface area contributed by atoms with E-state index in [4.69, 9.17) is 4.74 Å². The molecule has 1 N–H and O–H groups in total. The molecule has 36 heavy (non-hydrogen) atoms. The summed E-state index contributed by atoms with van der Waals surface area (Å²) in [5.41, 5.74) is 0.259. The Hall–Kier alpha value is -2.59. The molecule has 0 radical (unpaired) electrons. The molecule has 2 aromatic rings. The number of alkyl halides is 2. The Labute approximate surface area is 214 Å². The van der Waals surface area contributed by atoms with Crippen LogP contribution in [0.15, 0.2) is 30.7 Å². The molecule has 7 nitrogen and oxygen atoms in total. The average molecular weight is 526 g/mol. The van der Waals surface area contributed by atoms with Gasteiger partial charge in [-0.25, -0.2) is 23.1 Å². The van der Waals surface area contributed by atoms with Crippen LogP contribution in [0.25, 0.3) is 0 Å². The van der Waals surface area contributed by atoms with Gasteiger partial charge < -0.3 is 19.9 Å². The number of carbonyl (C=O) groups is 1. The fourth-order valence-electron chi connectivity index (χ4n) is 5.47. The van der Waals surface area contributed by atoms with Gasteiger partial charge in [-0.15, -0.1) is 12.4 Å². The summed E-state index contributed by atoms with van der Waals surface area (Å²) in [4.78, 5) is 25.5. The first-order valence-corrected chi connectivity index (χ1v) is 12.1. The predicted molar refractivity (Wildman–Crippen MR) is 132 cm³/mol. The molecule has 1 aromatic heterocycles. The van der Waals surface area contributed by atoms with Crippen molar-refractivity contribution in [1.82, 2.24) is 20.2 Å². The molecule has 196 valence electrons. The molecule has 11 heteroatoms. The topological polar surface area (TPSA) is 70.6 Å². The number of carbonyl (C=O) groups excluding carboxylic acids is 1. The highest BCUT2D eigenvalue weighted by Gasteiger charge is 2.50. The van der Waals surface area contributed by atoms with E-state index in [1.165, 1.54) is 29.6 Å². The molecule has 1 saturated carbocycles. The molecule has 3 fully saturated rings. The fourth-order valence-corrected chi connectivity index (χ4v) is 5.47. The van der Waals surface area contributed by atoms with Gasteiger partial charge in [0.05, 0.1) is 11.8 Å². The number of nitrogens with zero attached hydrogens (tertiary/aromatic N) is 4. The van der Waals surface area contributed by atoms with Crippen LogP contribution >= 0.6 is 12.4 Å². The summed E-state index contributed by atoms with van der Waals surface area (Å²) in [6.45, 7) is 7.24. The van der Waals surface area contributed by atoms with E-state index in [2.05, 4.69) is 20.2 Å². The van der Waals surface area contributed by atoms with E-state index >= 15 is 0 Å². The molecular weight excluding hydrogens is 495 g/mol. The Bertz CT molecular complexity index is 1100. The number of benzene rings is 1. The molecule has 0 bridgehead atoms. The Morgan fingerprint density at radius 3 is 2.53 bits per heavy atom. The summed E-state index contributed by atoms with van der Waals surface area (Å²) >= 11 is 0. The lowest BCUT2D eigenvalue weighted by atomic mass is 9.72. The smallest absolute Gasteiger partial charge is 0.258 e. The average Bonchev–Trinajstić information content (AvgIpc) is 2.78. The van der Waals surface area contributed by atoms with Gasteiger partial charge in [-0.3, -0.25) is 4.79 Å². The number of hydrogen-bond acceptors (Lipinski definition) is 6. The number of rotatable bonds is 6. The van der Waals surface area contributed by atoms with Gasteiger partial charge in [-0.2, -0.15) is 0 Å². The molecule has 3 aliphatic rings. The Balaban J connectivity index is 0.00000304. The maximum Gasteiger partial charge on any atom is 0.258 e. The highest BCUT2D eigenvalue weighted by molar-refractivity contribution is 5.97. The van der Waals surface area contributed by atoms with Gasteiger partial charge in [0.15, 0.2) is 11.6 Å². The zero-order valence-electron chi connectivity index (χ0n) is 20.3. The minimum absolute atomic E-state index is 0. The van der Waals surface area contributed by atoms with Crippen molar-refractivity contribution < 1.29 is 22.7 Å². The van der Waals surface area contributed by atoms with Crippen LogP contribution in [0.3, 0.4) is 0 Å². The summed E-state index contributed by atoms with van der Waals surface area (Å²) in [7, 11) is 0.